The van der Waals surface area contributed by atoms with Crippen LogP contribution in [0.1, 0.15) is 19.2 Å². The van der Waals surface area contributed by atoms with E-state index < -0.39 is 5.82 Å². The van der Waals surface area contributed by atoms with Crippen molar-refractivity contribution in [2.45, 2.75) is 19.8 Å². The summed E-state index contributed by atoms with van der Waals surface area (Å²) < 4.78 is 18.1. The van der Waals surface area contributed by atoms with Crippen molar-refractivity contribution in [3.8, 4) is 17.5 Å². The number of aromatic nitrogens is 2. The first-order valence-electron chi connectivity index (χ1n) is 5.75. The maximum atomic E-state index is 13.0. The molecule has 19 heavy (non-hydrogen) atoms. The minimum Gasteiger partial charge on any atom is -0.339 e. The lowest BCUT2D eigenvalue weighted by molar-refractivity contribution is 0.359. The van der Waals surface area contributed by atoms with Crippen LogP contribution in [-0.2, 0) is 6.42 Å². The fourth-order valence-electron chi connectivity index (χ4n) is 1.62. The summed E-state index contributed by atoms with van der Waals surface area (Å²) in [6, 6.07) is 6.33. The van der Waals surface area contributed by atoms with Gasteiger partial charge < -0.3 is 4.52 Å². The van der Waals surface area contributed by atoms with Gasteiger partial charge in [-0.1, -0.05) is 23.7 Å². The summed E-state index contributed by atoms with van der Waals surface area (Å²) >= 11 is 5.70. The Bertz CT molecular complexity index is 621. The zero-order valence-corrected chi connectivity index (χ0v) is 11.0. The first kappa shape index (κ1) is 13.5. The van der Waals surface area contributed by atoms with E-state index in [0.29, 0.717) is 30.1 Å². The fraction of sp³-hybridized carbons (Fsp3) is 0.308. The second-order valence-electron chi connectivity index (χ2n) is 4.31. The van der Waals surface area contributed by atoms with Gasteiger partial charge in [0.05, 0.1) is 11.1 Å². The van der Waals surface area contributed by atoms with Gasteiger partial charge in [-0.15, -0.1) is 0 Å². The number of hydrogen-bond acceptors (Lipinski definition) is 4. The van der Waals surface area contributed by atoms with Gasteiger partial charge in [-0.3, -0.25) is 0 Å². The molecule has 0 N–H and O–H groups in total. The first-order valence-corrected chi connectivity index (χ1v) is 6.13. The van der Waals surface area contributed by atoms with E-state index in [1.54, 1.807) is 0 Å². The van der Waals surface area contributed by atoms with E-state index in [4.69, 9.17) is 21.4 Å². The lowest BCUT2D eigenvalue weighted by atomic mass is 10.1. The van der Waals surface area contributed by atoms with Crippen molar-refractivity contribution in [1.29, 1.82) is 5.26 Å². The molecule has 1 aromatic carbocycles. The van der Waals surface area contributed by atoms with Crippen LogP contribution in [0.3, 0.4) is 0 Å². The summed E-state index contributed by atoms with van der Waals surface area (Å²) in [7, 11) is 0. The molecule has 0 saturated carbocycles. The van der Waals surface area contributed by atoms with Crippen molar-refractivity contribution in [3.63, 3.8) is 0 Å². The Morgan fingerprint density at radius 1 is 1.53 bits per heavy atom. The van der Waals surface area contributed by atoms with E-state index in [1.807, 2.05) is 6.92 Å². The van der Waals surface area contributed by atoms with Crippen molar-refractivity contribution in [2.24, 2.45) is 5.92 Å². The van der Waals surface area contributed by atoms with E-state index in [1.165, 1.54) is 18.2 Å². The number of nitriles is 1. The predicted molar refractivity (Wildman–Crippen MR) is 67.8 cm³/mol. The van der Waals surface area contributed by atoms with Crippen LogP contribution in [0.15, 0.2) is 22.7 Å². The molecule has 2 aromatic rings. The van der Waals surface area contributed by atoms with Gasteiger partial charge in [-0.05, 0) is 24.1 Å². The third-order valence-corrected chi connectivity index (χ3v) is 2.90. The average Bonchev–Trinajstić information content (AvgIpc) is 2.81. The normalized spacial score (nSPS) is 12.1. The number of hydrogen-bond donors (Lipinski definition) is 0. The van der Waals surface area contributed by atoms with Crippen LogP contribution in [0.25, 0.3) is 11.4 Å². The lowest BCUT2D eigenvalue weighted by Gasteiger charge is -2.00. The number of halogens is 2. The second-order valence-corrected chi connectivity index (χ2v) is 4.72. The number of nitrogens with zero attached hydrogens (tertiary/aromatic N) is 3. The van der Waals surface area contributed by atoms with Crippen LogP contribution < -0.4 is 0 Å². The summed E-state index contributed by atoms with van der Waals surface area (Å²) in [5.41, 5.74) is 0.592. The van der Waals surface area contributed by atoms with Crippen LogP contribution in [0.5, 0.6) is 0 Å². The van der Waals surface area contributed by atoms with E-state index in [2.05, 4.69) is 16.2 Å². The quantitative estimate of drug-likeness (QED) is 0.857. The Labute approximate surface area is 114 Å². The lowest BCUT2D eigenvalue weighted by Crippen LogP contribution is -1.98. The molecule has 0 spiro atoms. The highest BCUT2D eigenvalue weighted by Crippen LogP contribution is 2.23. The van der Waals surface area contributed by atoms with Crippen LogP contribution in [0, 0.1) is 23.1 Å². The summed E-state index contributed by atoms with van der Waals surface area (Å²) in [5.74, 6) is 0.478. The molecule has 0 aliphatic heterocycles. The molecule has 1 aromatic heterocycles. The number of benzene rings is 1. The molecule has 0 aliphatic carbocycles. The van der Waals surface area contributed by atoms with Gasteiger partial charge in [0.25, 0.3) is 0 Å². The third-order valence-electron chi connectivity index (χ3n) is 2.61. The second kappa shape index (κ2) is 5.81. The molecule has 0 amide bonds. The van der Waals surface area contributed by atoms with Gasteiger partial charge in [0.1, 0.15) is 5.82 Å². The molecule has 6 heteroatoms. The molecule has 1 unspecified atom stereocenters. The van der Waals surface area contributed by atoms with E-state index in [0.717, 1.165) is 0 Å². The molecule has 2 rings (SSSR count). The van der Waals surface area contributed by atoms with Crippen LogP contribution in [0.2, 0.25) is 5.02 Å². The predicted octanol–water partition coefficient (Wildman–Crippen LogP) is 3.62. The Balaban J connectivity index is 2.16. The van der Waals surface area contributed by atoms with E-state index in [9.17, 15) is 4.39 Å². The molecule has 0 bridgehead atoms. The Kier molecular flexibility index (Phi) is 4.13. The third kappa shape index (κ3) is 3.30. The maximum Gasteiger partial charge on any atom is 0.227 e. The SMILES string of the molecule is CC(CC#N)Cc1nc(-c2ccc(F)c(Cl)c2)no1. The van der Waals surface area contributed by atoms with Crippen molar-refractivity contribution in [3.05, 3.63) is 34.9 Å². The molecular weight excluding hydrogens is 269 g/mol. The molecular formula is C13H11ClFN3O. The molecule has 0 fully saturated rings. The van der Waals surface area contributed by atoms with Gasteiger partial charge in [0, 0.05) is 18.4 Å². The Morgan fingerprint density at radius 3 is 3.00 bits per heavy atom. The van der Waals surface area contributed by atoms with Crippen LogP contribution in [-0.4, -0.2) is 10.1 Å². The topological polar surface area (TPSA) is 62.7 Å². The zero-order valence-electron chi connectivity index (χ0n) is 10.2. The van der Waals surface area contributed by atoms with Crippen molar-refractivity contribution in [2.75, 3.05) is 0 Å². The fourth-order valence-corrected chi connectivity index (χ4v) is 1.80. The van der Waals surface area contributed by atoms with Gasteiger partial charge in [-0.2, -0.15) is 10.2 Å². The van der Waals surface area contributed by atoms with Gasteiger partial charge in [0.2, 0.25) is 11.7 Å². The van der Waals surface area contributed by atoms with Gasteiger partial charge >= 0.3 is 0 Å². The summed E-state index contributed by atoms with van der Waals surface area (Å²) in [6.07, 6.45) is 0.968. The standard InChI is InChI=1S/C13H11ClFN3O/c1-8(4-5-16)6-12-17-13(18-19-12)9-2-3-11(15)10(14)7-9/h2-3,7-8H,4,6H2,1H3. The molecule has 1 atom stereocenters. The van der Waals surface area contributed by atoms with Crippen molar-refractivity contribution in [1.82, 2.24) is 10.1 Å². The first-order chi connectivity index (χ1) is 9.10. The minimum atomic E-state index is -0.489. The summed E-state index contributed by atoms with van der Waals surface area (Å²) in [4.78, 5) is 4.21. The minimum absolute atomic E-state index is 0.0155. The molecule has 0 saturated heterocycles. The smallest absolute Gasteiger partial charge is 0.227 e. The van der Waals surface area contributed by atoms with Crippen LogP contribution >= 0.6 is 11.6 Å². The average molecular weight is 280 g/mol. The van der Waals surface area contributed by atoms with Crippen molar-refractivity contribution >= 4 is 11.6 Å². The Hall–Kier alpha value is -1.93. The van der Waals surface area contributed by atoms with Gasteiger partial charge in [-0.25, -0.2) is 4.39 Å². The monoisotopic (exact) mass is 279 g/mol. The Morgan fingerprint density at radius 2 is 2.32 bits per heavy atom. The summed E-state index contributed by atoms with van der Waals surface area (Å²) in [6.45, 7) is 1.93. The maximum absolute atomic E-state index is 13.0. The molecule has 4 nitrogen and oxygen atoms in total. The molecule has 98 valence electrons. The van der Waals surface area contributed by atoms with Gasteiger partial charge in [0.15, 0.2) is 0 Å². The van der Waals surface area contributed by atoms with Crippen molar-refractivity contribution < 1.29 is 8.91 Å². The van der Waals surface area contributed by atoms with E-state index >= 15 is 0 Å². The molecule has 0 aliphatic rings. The molecule has 0 radical (unpaired) electrons. The highest BCUT2D eigenvalue weighted by Gasteiger charge is 2.13. The number of rotatable bonds is 4. The molecule has 1 heterocycles. The largest absolute Gasteiger partial charge is 0.339 e. The zero-order chi connectivity index (χ0) is 13.8. The van der Waals surface area contributed by atoms with Crippen LogP contribution in [0.4, 0.5) is 4.39 Å². The highest BCUT2D eigenvalue weighted by atomic mass is 35.5. The van der Waals surface area contributed by atoms with E-state index in [-0.39, 0.29) is 10.9 Å². The highest BCUT2D eigenvalue weighted by molar-refractivity contribution is 6.31. The summed E-state index contributed by atoms with van der Waals surface area (Å²) in [5, 5.41) is 12.4.